The molecular formula is C25H31N3O. The van der Waals surface area contributed by atoms with E-state index in [9.17, 15) is 4.79 Å². The fraction of sp³-hybridized carbons (Fsp3) is 0.440. The predicted molar refractivity (Wildman–Crippen MR) is 118 cm³/mol. The summed E-state index contributed by atoms with van der Waals surface area (Å²) in [6, 6.07) is 17.0. The molecule has 2 N–H and O–H groups in total. The first-order valence-corrected chi connectivity index (χ1v) is 10.4. The molecule has 4 heteroatoms. The van der Waals surface area contributed by atoms with Gasteiger partial charge in [-0.2, -0.15) is 0 Å². The van der Waals surface area contributed by atoms with Gasteiger partial charge in [-0.05, 0) is 53.4 Å². The van der Waals surface area contributed by atoms with Gasteiger partial charge in [0.05, 0.1) is 5.92 Å². The van der Waals surface area contributed by atoms with Crippen molar-refractivity contribution in [2.24, 2.45) is 10.7 Å². The number of likely N-dealkylation sites (N-methyl/N-ethyl adjacent to an activating group) is 1. The van der Waals surface area contributed by atoms with Crippen LogP contribution in [-0.2, 0) is 15.7 Å². The Morgan fingerprint density at radius 2 is 1.72 bits per heavy atom. The van der Waals surface area contributed by atoms with Crippen molar-refractivity contribution in [3.05, 3.63) is 70.8 Å². The molecule has 0 saturated heterocycles. The van der Waals surface area contributed by atoms with Crippen molar-refractivity contribution in [1.82, 2.24) is 4.90 Å². The number of carbonyl (C=O) groups is 1. The summed E-state index contributed by atoms with van der Waals surface area (Å²) in [7, 11) is 1.71. The molecule has 2 aromatic rings. The summed E-state index contributed by atoms with van der Waals surface area (Å²) in [6.07, 6.45) is 2.48. The van der Waals surface area contributed by atoms with Crippen molar-refractivity contribution < 1.29 is 4.79 Å². The van der Waals surface area contributed by atoms with E-state index in [0.717, 1.165) is 11.1 Å². The molecule has 4 rings (SSSR count). The Kier molecular flexibility index (Phi) is 4.56. The first-order chi connectivity index (χ1) is 13.6. The van der Waals surface area contributed by atoms with Crippen LogP contribution in [0.25, 0.3) is 0 Å². The third kappa shape index (κ3) is 3.45. The summed E-state index contributed by atoms with van der Waals surface area (Å²) in [6.45, 7) is 8.62. The minimum Gasteiger partial charge on any atom is -0.369 e. The number of nitrogens with two attached hydrogens (primary N) is 1. The number of hydrogen-bond acceptors (Lipinski definition) is 3. The number of guanidine groups is 1. The topological polar surface area (TPSA) is 58.7 Å². The molecule has 1 heterocycles. The van der Waals surface area contributed by atoms with Crippen LogP contribution in [0, 0.1) is 0 Å². The standard InChI is InChI=1S/C25H31N3O/c1-24(2,3)19-13-11-17(12-14-19)21-22(29)28(5)23(26)27-25(21,4)20-8-6-7-18(15-20)16-9-10-16/h6-8,11-16,21H,9-10H2,1-5H3,(H2,26,27)/t21-,25-/m1/s1. The predicted octanol–water partition coefficient (Wildman–Crippen LogP) is 4.65. The van der Waals surface area contributed by atoms with Gasteiger partial charge in [-0.15, -0.1) is 0 Å². The Morgan fingerprint density at radius 3 is 2.31 bits per heavy atom. The Labute approximate surface area is 173 Å². The van der Waals surface area contributed by atoms with E-state index in [4.69, 9.17) is 10.7 Å². The summed E-state index contributed by atoms with van der Waals surface area (Å²) < 4.78 is 0. The van der Waals surface area contributed by atoms with Gasteiger partial charge >= 0.3 is 0 Å². The number of rotatable bonds is 3. The van der Waals surface area contributed by atoms with Crippen molar-refractivity contribution in [2.75, 3.05) is 7.05 Å². The van der Waals surface area contributed by atoms with Crippen molar-refractivity contribution in [3.63, 3.8) is 0 Å². The van der Waals surface area contributed by atoms with E-state index in [2.05, 4.69) is 69.3 Å². The highest BCUT2D eigenvalue weighted by molar-refractivity contribution is 6.02. The number of aliphatic imine (C=N–C) groups is 1. The Hall–Kier alpha value is -2.62. The molecule has 4 nitrogen and oxygen atoms in total. The quantitative estimate of drug-likeness (QED) is 0.831. The van der Waals surface area contributed by atoms with E-state index in [1.54, 1.807) is 7.05 Å². The van der Waals surface area contributed by atoms with E-state index in [-0.39, 0.29) is 17.3 Å². The highest BCUT2D eigenvalue weighted by Crippen LogP contribution is 2.46. The number of amides is 1. The molecule has 29 heavy (non-hydrogen) atoms. The van der Waals surface area contributed by atoms with Crippen molar-refractivity contribution in [2.45, 2.75) is 63.3 Å². The van der Waals surface area contributed by atoms with Crippen LogP contribution in [0.1, 0.15) is 74.6 Å². The molecule has 1 aliphatic heterocycles. The number of hydrogen-bond donors (Lipinski definition) is 1. The molecule has 1 fully saturated rings. The number of nitrogens with zero attached hydrogens (tertiary/aromatic N) is 2. The van der Waals surface area contributed by atoms with Crippen molar-refractivity contribution in [1.29, 1.82) is 0 Å². The second-order valence-electron chi connectivity index (χ2n) is 9.72. The van der Waals surface area contributed by atoms with E-state index in [0.29, 0.717) is 5.92 Å². The maximum absolute atomic E-state index is 13.4. The van der Waals surface area contributed by atoms with Gasteiger partial charge in [0.15, 0.2) is 5.96 Å². The zero-order valence-electron chi connectivity index (χ0n) is 18.1. The smallest absolute Gasteiger partial charge is 0.239 e. The molecule has 2 aromatic carbocycles. The third-order valence-electron chi connectivity index (χ3n) is 6.46. The summed E-state index contributed by atoms with van der Waals surface area (Å²) in [5, 5.41) is 0. The minimum atomic E-state index is -0.734. The molecule has 1 aliphatic carbocycles. The van der Waals surface area contributed by atoms with Crippen LogP contribution in [0.3, 0.4) is 0 Å². The lowest BCUT2D eigenvalue weighted by Crippen LogP contribution is -2.52. The lowest BCUT2D eigenvalue weighted by Gasteiger charge is -2.41. The SMILES string of the molecule is CN1C(=O)[C@@H](c2ccc(C(C)(C)C)cc2)[C@@](C)(c2cccc(C3CC3)c2)N=C1N. The highest BCUT2D eigenvalue weighted by Gasteiger charge is 2.47. The van der Waals surface area contributed by atoms with Gasteiger partial charge < -0.3 is 5.73 Å². The lowest BCUT2D eigenvalue weighted by molar-refractivity contribution is -0.130. The highest BCUT2D eigenvalue weighted by atomic mass is 16.2. The van der Waals surface area contributed by atoms with Crippen molar-refractivity contribution in [3.8, 4) is 0 Å². The summed E-state index contributed by atoms with van der Waals surface area (Å²) in [4.78, 5) is 19.7. The molecule has 0 unspecified atom stereocenters. The Morgan fingerprint density at radius 1 is 1.07 bits per heavy atom. The Balaban J connectivity index is 1.83. The summed E-state index contributed by atoms with van der Waals surface area (Å²) >= 11 is 0. The first kappa shape index (κ1) is 19.7. The van der Waals surface area contributed by atoms with E-state index in [1.807, 2.05) is 6.92 Å². The zero-order chi connectivity index (χ0) is 21.0. The zero-order valence-corrected chi connectivity index (χ0v) is 18.1. The van der Waals surface area contributed by atoms with Gasteiger partial charge in [-0.25, -0.2) is 4.99 Å². The summed E-state index contributed by atoms with van der Waals surface area (Å²) in [5.41, 5.74) is 10.1. The van der Waals surface area contributed by atoms with Gasteiger partial charge in [0, 0.05) is 7.05 Å². The minimum absolute atomic E-state index is 0.0136. The fourth-order valence-electron chi connectivity index (χ4n) is 4.32. The van der Waals surface area contributed by atoms with Crippen LogP contribution in [0.5, 0.6) is 0 Å². The molecule has 0 spiro atoms. The normalized spacial score (nSPS) is 25.1. The van der Waals surface area contributed by atoms with Gasteiger partial charge in [-0.3, -0.25) is 9.69 Å². The van der Waals surface area contributed by atoms with Crippen molar-refractivity contribution >= 4 is 11.9 Å². The van der Waals surface area contributed by atoms with E-state index >= 15 is 0 Å². The lowest BCUT2D eigenvalue weighted by atomic mass is 9.73. The largest absolute Gasteiger partial charge is 0.369 e. The van der Waals surface area contributed by atoms with E-state index < -0.39 is 11.5 Å². The maximum Gasteiger partial charge on any atom is 0.239 e. The first-order valence-electron chi connectivity index (χ1n) is 10.4. The van der Waals surface area contributed by atoms with Crippen LogP contribution in [0.2, 0.25) is 0 Å². The van der Waals surface area contributed by atoms with Crippen LogP contribution >= 0.6 is 0 Å². The molecule has 0 radical (unpaired) electrons. The van der Waals surface area contributed by atoms with Crippen LogP contribution < -0.4 is 5.73 Å². The van der Waals surface area contributed by atoms with Gasteiger partial charge in [0.1, 0.15) is 5.54 Å². The summed E-state index contributed by atoms with van der Waals surface area (Å²) in [5.74, 6) is 0.492. The molecule has 0 bridgehead atoms. The third-order valence-corrected chi connectivity index (χ3v) is 6.46. The second-order valence-corrected chi connectivity index (χ2v) is 9.72. The molecule has 1 saturated carbocycles. The molecule has 1 amide bonds. The van der Waals surface area contributed by atoms with Crippen LogP contribution in [-0.4, -0.2) is 23.8 Å². The average molecular weight is 390 g/mol. The van der Waals surface area contributed by atoms with Gasteiger partial charge in [0.25, 0.3) is 0 Å². The van der Waals surface area contributed by atoms with Gasteiger partial charge in [-0.1, -0.05) is 69.3 Å². The Bertz CT molecular complexity index is 966. The fourth-order valence-corrected chi connectivity index (χ4v) is 4.32. The average Bonchev–Trinajstić information content (AvgIpc) is 3.51. The molecular weight excluding hydrogens is 358 g/mol. The number of carbonyl (C=O) groups excluding carboxylic acids is 1. The van der Waals surface area contributed by atoms with Crippen LogP contribution in [0.4, 0.5) is 0 Å². The van der Waals surface area contributed by atoms with Crippen LogP contribution in [0.15, 0.2) is 53.5 Å². The molecule has 152 valence electrons. The molecule has 2 aliphatic rings. The molecule has 2 atom stereocenters. The van der Waals surface area contributed by atoms with E-state index in [1.165, 1.54) is 28.9 Å². The number of benzene rings is 2. The second kappa shape index (κ2) is 6.72. The monoisotopic (exact) mass is 389 g/mol. The van der Waals surface area contributed by atoms with Gasteiger partial charge in [0.2, 0.25) is 5.91 Å². The molecule has 0 aromatic heterocycles. The maximum atomic E-state index is 13.4.